The second-order valence-electron chi connectivity index (χ2n) is 6.80. The van der Waals surface area contributed by atoms with E-state index in [9.17, 15) is 0 Å². The van der Waals surface area contributed by atoms with Crippen molar-refractivity contribution in [3.63, 3.8) is 0 Å². The molecule has 1 heterocycles. The van der Waals surface area contributed by atoms with Crippen LogP contribution in [-0.4, -0.2) is 24.5 Å². The van der Waals surface area contributed by atoms with Crippen LogP contribution in [0.3, 0.4) is 0 Å². The van der Waals surface area contributed by atoms with Gasteiger partial charge in [-0.1, -0.05) is 19.8 Å². The van der Waals surface area contributed by atoms with Gasteiger partial charge in [-0.2, -0.15) is 0 Å². The summed E-state index contributed by atoms with van der Waals surface area (Å²) in [5.74, 6) is 2.10. The number of hydrogen-bond donors (Lipinski definition) is 0. The number of hydrogen-bond acceptors (Lipinski definition) is 1. The highest BCUT2D eigenvalue weighted by Gasteiger charge is 2.50. The lowest BCUT2D eigenvalue weighted by Gasteiger charge is -2.35. The Hall–Kier alpha value is -0.0400. The summed E-state index contributed by atoms with van der Waals surface area (Å²) in [5.41, 5.74) is 0.796. The molecule has 1 heteroatoms. The molecule has 0 bridgehead atoms. The summed E-state index contributed by atoms with van der Waals surface area (Å²) >= 11 is 0. The van der Waals surface area contributed by atoms with E-state index in [1.54, 1.807) is 12.8 Å². The molecule has 0 spiro atoms. The topological polar surface area (TPSA) is 3.24 Å². The highest BCUT2D eigenvalue weighted by atomic mass is 15.1. The van der Waals surface area contributed by atoms with E-state index in [0.717, 1.165) is 17.3 Å². The lowest BCUT2D eigenvalue weighted by Crippen LogP contribution is -2.34. The van der Waals surface area contributed by atoms with Gasteiger partial charge >= 0.3 is 0 Å². The van der Waals surface area contributed by atoms with Gasteiger partial charge in [0.1, 0.15) is 0 Å². The van der Waals surface area contributed by atoms with Gasteiger partial charge in [0.2, 0.25) is 0 Å². The highest BCUT2D eigenvalue weighted by molar-refractivity contribution is 5.01. The van der Waals surface area contributed by atoms with E-state index >= 15 is 0 Å². The Labute approximate surface area is 101 Å². The average molecular weight is 221 g/mol. The third-order valence-electron chi connectivity index (χ3n) is 5.51. The second-order valence-corrected chi connectivity index (χ2v) is 6.80. The van der Waals surface area contributed by atoms with Crippen LogP contribution in [0.2, 0.25) is 0 Å². The molecular formula is C15H27N. The van der Waals surface area contributed by atoms with Crippen molar-refractivity contribution < 1.29 is 0 Å². The summed E-state index contributed by atoms with van der Waals surface area (Å²) in [4.78, 5) is 2.75. The average Bonchev–Trinajstić information content (AvgIpc) is 2.88. The first-order valence-electron chi connectivity index (χ1n) is 7.51. The van der Waals surface area contributed by atoms with Gasteiger partial charge in [-0.25, -0.2) is 0 Å². The molecule has 0 N–H and O–H groups in total. The second kappa shape index (κ2) is 4.33. The first-order valence-corrected chi connectivity index (χ1v) is 7.51. The maximum Gasteiger partial charge on any atom is 0.00406 e. The van der Waals surface area contributed by atoms with E-state index in [1.807, 2.05) is 0 Å². The summed E-state index contributed by atoms with van der Waals surface area (Å²) in [7, 11) is 0. The van der Waals surface area contributed by atoms with Crippen LogP contribution >= 0.6 is 0 Å². The van der Waals surface area contributed by atoms with Crippen molar-refractivity contribution in [2.75, 3.05) is 19.6 Å². The zero-order chi connectivity index (χ0) is 11.0. The van der Waals surface area contributed by atoms with E-state index in [4.69, 9.17) is 0 Å². The SMILES string of the molecule is C[C@H]1CC[C@H](C2(CN3CCCC3)CC2)CC1. The predicted octanol–water partition coefficient (Wildman–Crippen LogP) is 3.69. The fraction of sp³-hybridized carbons (Fsp3) is 1.00. The van der Waals surface area contributed by atoms with Gasteiger partial charge < -0.3 is 4.90 Å². The molecule has 16 heavy (non-hydrogen) atoms. The van der Waals surface area contributed by atoms with Gasteiger partial charge in [0, 0.05) is 6.54 Å². The van der Waals surface area contributed by atoms with Crippen LogP contribution < -0.4 is 0 Å². The molecule has 2 aliphatic carbocycles. The summed E-state index contributed by atoms with van der Waals surface area (Å²) in [5, 5.41) is 0. The van der Waals surface area contributed by atoms with Gasteiger partial charge in [0.15, 0.2) is 0 Å². The largest absolute Gasteiger partial charge is 0.303 e. The first-order chi connectivity index (χ1) is 7.78. The zero-order valence-corrected chi connectivity index (χ0v) is 10.9. The zero-order valence-electron chi connectivity index (χ0n) is 10.9. The van der Waals surface area contributed by atoms with Crippen molar-refractivity contribution in [1.82, 2.24) is 4.90 Å². The molecule has 1 saturated heterocycles. The predicted molar refractivity (Wildman–Crippen MR) is 68.5 cm³/mol. The Morgan fingerprint density at radius 2 is 1.62 bits per heavy atom. The fourth-order valence-corrected chi connectivity index (χ4v) is 4.11. The maximum atomic E-state index is 2.75. The van der Waals surface area contributed by atoms with Crippen LogP contribution in [0.15, 0.2) is 0 Å². The van der Waals surface area contributed by atoms with E-state index in [1.165, 1.54) is 58.2 Å². The molecule has 3 fully saturated rings. The van der Waals surface area contributed by atoms with E-state index in [2.05, 4.69) is 11.8 Å². The molecule has 0 aromatic heterocycles. The van der Waals surface area contributed by atoms with Crippen molar-refractivity contribution in [2.24, 2.45) is 17.3 Å². The smallest absolute Gasteiger partial charge is 0.00406 e. The Kier molecular flexibility index (Phi) is 2.99. The quantitative estimate of drug-likeness (QED) is 0.702. The van der Waals surface area contributed by atoms with Gasteiger partial charge in [0.25, 0.3) is 0 Å². The molecule has 0 radical (unpaired) electrons. The van der Waals surface area contributed by atoms with Crippen molar-refractivity contribution in [2.45, 2.75) is 58.3 Å². The molecule has 92 valence electrons. The van der Waals surface area contributed by atoms with Gasteiger partial charge in [-0.15, -0.1) is 0 Å². The van der Waals surface area contributed by atoms with E-state index in [-0.39, 0.29) is 0 Å². The molecule has 0 atom stereocenters. The van der Waals surface area contributed by atoms with Crippen LogP contribution in [0.25, 0.3) is 0 Å². The van der Waals surface area contributed by atoms with Crippen LogP contribution in [-0.2, 0) is 0 Å². The standard InChI is InChI=1S/C15H27N/c1-13-4-6-14(7-5-13)15(8-9-15)12-16-10-2-3-11-16/h13-14H,2-12H2,1H3/t13-,14-. The summed E-state index contributed by atoms with van der Waals surface area (Å²) in [6, 6.07) is 0. The molecule has 2 saturated carbocycles. The molecule has 0 aromatic carbocycles. The number of likely N-dealkylation sites (tertiary alicyclic amines) is 1. The third kappa shape index (κ3) is 2.16. The first kappa shape index (κ1) is 11.1. The third-order valence-corrected chi connectivity index (χ3v) is 5.51. The van der Waals surface area contributed by atoms with Gasteiger partial charge in [-0.3, -0.25) is 0 Å². The minimum atomic E-state index is 0.796. The van der Waals surface area contributed by atoms with Crippen molar-refractivity contribution >= 4 is 0 Å². The Balaban J connectivity index is 1.56. The normalized spacial score (nSPS) is 38.8. The van der Waals surface area contributed by atoms with Crippen molar-refractivity contribution in [1.29, 1.82) is 0 Å². The van der Waals surface area contributed by atoms with E-state index < -0.39 is 0 Å². The van der Waals surface area contributed by atoms with Crippen LogP contribution in [0.4, 0.5) is 0 Å². The van der Waals surface area contributed by atoms with Crippen LogP contribution in [0.5, 0.6) is 0 Å². The minimum Gasteiger partial charge on any atom is -0.303 e. The molecular weight excluding hydrogens is 194 g/mol. The van der Waals surface area contributed by atoms with Crippen molar-refractivity contribution in [3.05, 3.63) is 0 Å². The molecule has 1 nitrogen and oxygen atoms in total. The number of rotatable bonds is 3. The summed E-state index contributed by atoms with van der Waals surface area (Å²) in [6.45, 7) is 6.68. The van der Waals surface area contributed by atoms with Gasteiger partial charge in [0.05, 0.1) is 0 Å². The number of nitrogens with zero attached hydrogens (tertiary/aromatic N) is 1. The molecule has 0 aromatic rings. The molecule has 3 aliphatic rings. The minimum absolute atomic E-state index is 0.796. The molecule has 0 amide bonds. The Morgan fingerprint density at radius 1 is 1.00 bits per heavy atom. The summed E-state index contributed by atoms with van der Waals surface area (Å²) < 4.78 is 0. The Morgan fingerprint density at radius 3 is 2.19 bits per heavy atom. The lowest BCUT2D eigenvalue weighted by molar-refractivity contribution is 0.146. The van der Waals surface area contributed by atoms with Crippen LogP contribution in [0, 0.1) is 17.3 Å². The van der Waals surface area contributed by atoms with Crippen LogP contribution in [0.1, 0.15) is 58.3 Å². The monoisotopic (exact) mass is 221 g/mol. The summed E-state index contributed by atoms with van der Waals surface area (Å²) in [6.07, 6.45) is 12.1. The Bertz CT molecular complexity index is 230. The lowest BCUT2D eigenvalue weighted by atomic mass is 9.74. The fourth-order valence-electron chi connectivity index (χ4n) is 4.11. The molecule has 3 rings (SSSR count). The highest BCUT2D eigenvalue weighted by Crippen LogP contribution is 2.57. The van der Waals surface area contributed by atoms with Gasteiger partial charge in [-0.05, 0) is 68.9 Å². The van der Waals surface area contributed by atoms with E-state index in [0.29, 0.717) is 0 Å². The van der Waals surface area contributed by atoms with Crippen molar-refractivity contribution in [3.8, 4) is 0 Å². The molecule has 1 aliphatic heterocycles. The maximum absolute atomic E-state index is 2.75. The molecule has 0 unspecified atom stereocenters.